The number of hydrogen-bond donors (Lipinski definition) is 2. The van der Waals surface area contributed by atoms with Crippen molar-refractivity contribution in [1.29, 1.82) is 0 Å². The molecular formula is C12H22N6O2. The summed E-state index contributed by atoms with van der Waals surface area (Å²) in [6.07, 6.45) is 0. The Hall–Kier alpha value is -2.12. The Labute approximate surface area is 118 Å². The molecule has 0 fully saturated rings. The van der Waals surface area contributed by atoms with E-state index in [2.05, 4.69) is 21.1 Å². The van der Waals surface area contributed by atoms with Crippen LogP contribution >= 0.6 is 0 Å². The van der Waals surface area contributed by atoms with Crippen LogP contribution in [-0.4, -0.2) is 59.5 Å². The highest BCUT2D eigenvalue weighted by Crippen LogP contribution is 1.96. The van der Waals surface area contributed by atoms with Gasteiger partial charge in [0.05, 0.1) is 0 Å². The van der Waals surface area contributed by atoms with Crippen molar-refractivity contribution in [3.05, 3.63) is 0 Å². The Morgan fingerprint density at radius 3 is 1.30 bits per heavy atom. The molecule has 0 radical (unpaired) electrons. The molecule has 112 valence electrons. The van der Waals surface area contributed by atoms with Gasteiger partial charge in [-0.15, -0.1) is 10.2 Å². The largest absolute Gasteiger partial charge is 0.336 e. The zero-order valence-corrected chi connectivity index (χ0v) is 12.4. The molecule has 0 spiro atoms. The maximum absolute atomic E-state index is 12.0. The van der Waals surface area contributed by atoms with Crippen LogP contribution in [0.1, 0.15) is 27.7 Å². The first-order chi connectivity index (χ1) is 9.58. The van der Waals surface area contributed by atoms with E-state index in [-0.39, 0.29) is 23.5 Å². The van der Waals surface area contributed by atoms with Gasteiger partial charge in [-0.2, -0.15) is 0 Å². The fraction of sp³-hybridized carbons (Fsp3) is 0.667. The quantitative estimate of drug-likeness (QED) is 0.690. The molecule has 8 heteroatoms. The highest BCUT2D eigenvalue weighted by molar-refractivity contribution is 6.42. The van der Waals surface area contributed by atoms with Crippen molar-refractivity contribution >= 4 is 23.5 Å². The van der Waals surface area contributed by atoms with Gasteiger partial charge in [0.15, 0.2) is 0 Å². The van der Waals surface area contributed by atoms with Crippen molar-refractivity contribution in [1.82, 2.24) is 20.7 Å². The minimum Gasteiger partial charge on any atom is -0.336 e. The van der Waals surface area contributed by atoms with E-state index in [0.29, 0.717) is 26.2 Å². The van der Waals surface area contributed by atoms with E-state index in [0.717, 1.165) is 0 Å². The second kappa shape index (κ2) is 7.46. The van der Waals surface area contributed by atoms with Crippen LogP contribution in [0.5, 0.6) is 0 Å². The molecule has 0 aliphatic carbocycles. The highest BCUT2D eigenvalue weighted by Gasteiger charge is 2.24. The minimum atomic E-state index is -0.249. The topological polar surface area (TPSA) is 89.4 Å². The molecule has 0 saturated heterocycles. The minimum absolute atomic E-state index is 0.0878. The number of nitrogens with zero attached hydrogens (tertiary/aromatic N) is 4. The number of hydrogen-bond acceptors (Lipinski definition) is 6. The van der Waals surface area contributed by atoms with Gasteiger partial charge in [0, 0.05) is 26.2 Å². The highest BCUT2D eigenvalue weighted by atomic mass is 16.2. The monoisotopic (exact) mass is 282 g/mol. The summed E-state index contributed by atoms with van der Waals surface area (Å²) < 4.78 is 0. The first-order valence-corrected chi connectivity index (χ1v) is 6.84. The number of nitrogens with one attached hydrogen (secondary N) is 2. The van der Waals surface area contributed by atoms with E-state index in [4.69, 9.17) is 0 Å². The van der Waals surface area contributed by atoms with E-state index in [1.807, 2.05) is 27.7 Å². The van der Waals surface area contributed by atoms with Crippen LogP contribution in [0, 0.1) is 0 Å². The maximum Gasteiger partial charge on any atom is 0.292 e. The number of hydrazone groups is 2. The van der Waals surface area contributed by atoms with E-state index in [1.165, 1.54) is 0 Å². The van der Waals surface area contributed by atoms with Crippen LogP contribution < -0.4 is 10.9 Å². The van der Waals surface area contributed by atoms with Gasteiger partial charge in [0.1, 0.15) is 0 Å². The number of likely N-dealkylation sites (N-methyl/N-ethyl adjacent to an activating group) is 2. The fourth-order valence-electron chi connectivity index (χ4n) is 1.78. The molecule has 0 unspecified atom stereocenters. The lowest BCUT2D eigenvalue weighted by Gasteiger charge is -2.23. The lowest BCUT2D eigenvalue weighted by Crippen LogP contribution is -2.49. The lowest BCUT2D eigenvalue weighted by atomic mass is 10.4. The molecule has 1 aliphatic heterocycles. The third-order valence-electron chi connectivity index (χ3n) is 3.05. The van der Waals surface area contributed by atoms with Gasteiger partial charge in [-0.3, -0.25) is 20.4 Å². The van der Waals surface area contributed by atoms with Crippen molar-refractivity contribution in [3.8, 4) is 0 Å². The second-order valence-corrected chi connectivity index (χ2v) is 4.10. The van der Waals surface area contributed by atoms with E-state index in [9.17, 15) is 9.59 Å². The molecule has 0 aromatic heterocycles. The van der Waals surface area contributed by atoms with Gasteiger partial charge < -0.3 is 9.80 Å². The second-order valence-electron chi connectivity index (χ2n) is 4.10. The van der Waals surface area contributed by atoms with Crippen molar-refractivity contribution in [3.63, 3.8) is 0 Å². The lowest BCUT2D eigenvalue weighted by molar-refractivity contribution is -0.125. The third-order valence-corrected chi connectivity index (χ3v) is 3.05. The molecule has 1 aliphatic rings. The van der Waals surface area contributed by atoms with Crippen LogP contribution in [-0.2, 0) is 9.59 Å². The molecule has 20 heavy (non-hydrogen) atoms. The Balaban J connectivity index is 2.68. The molecule has 0 atom stereocenters. The van der Waals surface area contributed by atoms with Gasteiger partial charge in [-0.1, -0.05) is 0 Å². The Kier molecular flexibility index (Phi) is 5.95. The van der Waals surface area contributed by atoms with Gasteiger partial charge in [-0.05, 0) is 27.7 Å². The van der Waals surface area contributed by atoms with Gasteiger partial charge in [0.2, 0.25) is 11.7 Å². The van der Waals surface area contributed by atoms with Crippen molar-refractivity contribution in [2.45, 2.75) is 27.7 Å². The number of amidine groups is 2. The van der Waals surface area contributed by atoms with E-state index in [1.54, 1.807) is 9.80 Å². The first kappa shape index (κ1) is 15.9. The molecule has 8 nitrogen and oxygen atoms in total. The Morgan fingerprint density at radius 2 is 1.10 bits per heavy atom. The average Bonchev–Trinajstić information content (AvgIpc) is 2.49. The standard InChI is InChI=1S/C12H22N6O2/c1-5-17(6-2)11(19)9-13-15-10(16-14-9)12(20)18(7-3)8-4/h5-8H2,1-4H3,(H,13,14)(H,15,16). The van der Waals surface area contributed by atoms with Crippen LogP contribution in [0.4, 0.5) is 0 Å². The van der Waals surface area contributed by atoms with Crippen LogP contribution in [0.2, 0.25) is 0 Å². The van der Waals surface area contributed by atoms with Crippen molar-refractivity contribution in [2.24, 2.45) is 10.2 Å². The number of carbonyl (C=O) groups excluding carboxylic acids is 2. The summed E-state index contributed by atoms with van der Waals surface area (Å²) in [5.74, 6) is -0.323. The zero-order valence-electron chi connectivity index (χ0n) is 12.4. The first-order valence-electron chi connectivity index (χ1n) is 6.84. The Morgan fingerprint density at radius 1 is 0.800 bits per heavy atom. The zero-order chi connectivity index (χ0) is 15.1. The number of carbonyl (C=O) groups is 2. The molecule has 0 aromatic rings. The molecule has 2 N–H and O–H groups in total. The molecule has 1 rings (SSSR count). The maximum atomic E-state index is 12.0. The molecule has 0 aromatic carbocycles. The van der Waals surface area contributed by atoms with Crippen LogP contribution in [0.25, 0.3) is 0 Å². The summed E-state index contributed by atoms with van der Waals surface area (Å²) in [5, 5.41) is 7.77. The summed E-state index contributed by atoms with van der Waals surface area (Å²) in [4.78, 5) is 27.2. The third kappa shape index (κ3) is 3.46. The summed E-state index contributed by atoms with van der Waals surface area (Å²) in [5.41, 5.74) is 5.08. The van der Waals surface area contributed by atoms with E-state index >= 15 is 0 Å². The van der Waals surface area contributed by atoms with Crippen LogP contribution in [0.15, 0.2) is 10.2 Å². The SMILES string of the molecule is CCN(CC)C(=O)C1=NNC(C(=O)N(CC)CC)=NN1. The molecular weight excluding hydrogens is 260 g/mol. The van der Waals surface area contributed by atoms with Gasteiger partial charge in [0.25, 0.3) is 11.8 Å². The molecule has 1 heterocycles. The summed E-state index contributed by atoms with van der Waals surface area (Å²) in [6.45, 7) is 9.90. The van der Waals surface area contributed by atoms with E-state index < -0.39 is 0 Å². The Bertz CT molecular complexity index is 384. The summed E-state index contributed by atoms with van der Waals surface area (Å²) in [7, 11) is 0. The summed E-state index contributed by atoms with van der Waals surface area (Å²) >= 11 is 0. The molecule has 2 amide bonds. The predicted octanol–water partition coefficient (Wildman–Crippen LogP) is -0.457. The smallest absolute Gasteiger partial charge is 0.292 e. The summed E-state index contributed by atoms with van der Waals surface area (Å²) in [6, 6.07) is 0. The predicted molar refractivity (Wildman–Crippen MR) is 77.0 cm³/mol. The normalized spacial score (nSPS) is 13.6. The molecule has 0 bridgehead atoms. The fourth-order valence-corrected chi connectivity index (χ4v) is 1.78. The van der Waals surface area contributed by atoms with Crippen LogP contribution in [0.3, 0.4) is 0 Å². The van der Waals surface area contributed by atoms with Crippen molar-refractivity contribution in [2.75, 3.05) is 26.2 Å². The number of amides is 2. The molecule has 0 saturated carbocycles. The van der Waals surface area contributed by atoms with Gasteiger partial charge in [-0.25, -0.2) is 0 Å². The van der Waals surface area contributed by atoms with Crippen molar-refractivity contribution < 1.29 is 9.59 Å². The number of rotatable bonds is 6. The van der Waals surface area contributed by atoms with Gasteiger partial charge >= 0.3 is 0 Å². The average molecular weight is 282 g/mol.